The number of aryl methyl sites for hydroxylation is 1. The van der Waals surface area contributed by atoms with Crippen LogP contribution in [0.5, 0.6) is 0 Å². The Bertz CT molecular complexity index is 752. The molecule has 134 valence electrons. The van der Waals surface area contributed by atoms with Crippen molar-refractivity contribution < 1.29 is 14.0 Å². The lowest BCUT2D eigenvalue weighted by Gasteiger charge is -2.38. The van der Waals surface area contributed by atoms with E-state index in [9.17, 15) is 9.59 Å². The van der Waals surface area contributed by atoms with Crippen LogP contribution >= 0.6 is 11.3 Å². The summed E-state index contributed by atoms with van der Waals surface area (Å²) >= 11 is 1.29. The standard InChI is InChI=1S/C18H23N3O3S/c1-11-10-15(20-17(22)14-7-5-9-24-14)25-16(11)18(23)21-8-4-3-6-13(21)12(2)19/h5,7,9-10,12-13H,3-4,6,8,19H2,1-2H3,(H,20,22). The van der Waals surface area contributed by atoms with E-state index in [0.717, 1.165) is 31.4 Å². The van der Waals surface area contributed by atoms with Crippen molar-refractivity contribution in [3.05, 3.63) is 40.7 Å². The number of carbonyl (C=O) groups is 2. The first-order valence-electron chi connectivity index (χ1n) is 8.49. The molecule has 0 bridgehead atoms. The van der Waals surface area contributed by atoms with Gasteiger partial charge in [0.15, 0.2) is 5.76 Å². The van der Waals surface area contributed by atoms with Crippen LogP contribution in [0.15, 0.2) is 28.9 Å². The van der Waals surface area contributed by atoms with Crippen LogP contribution < -0.4 is 11.1 Å². The van der Waals surface area contributed by atoms with E-state index in [-0.39, 0.29) is 29.7 Å². The van der Waals surface area contributed by atoms with Crippen LogP contribution in [0.3, 0.4) is 0 Å². The maximum absolute atomic E-state index is 13.0. The minimum atomic E-state index is -0.323. The highest BCUT2D eigenvalue weighted by Gasteiger charge is 2.31. The molecule has 2 unspecified atom stereocenters. The first kappa shape index (κ1) is 17.7. The second kappa shape index (κ2) is 7.41. The molecular formula is C18H23N3O3S. The average molecular weight is 361 g/mol. The summed E-state index contributed by atoms with van der Waals surface area (Å²) in [5.41, 5.74) is 6.94. The number of likely N-dealkylation sites (tertiary alicyclic amines) is 1. The van der Waals surface area contributed by atoms with Gasteiger partial charge < -0.3 is 20.4 Å². The number of rotatable bonds is 4. The minimum Gasteiger partial charge on any atom is -0.459 e. The Morgan fingerprint density at radius 2 is 2.24 bits per heavy atom. The molecular weight excluding hydrogens is 338 g/mol. The molecule has 3 N–H and O–H groups in total. The van der Waals surface area contributed by atoms with Crippen LogP contribution in [-0.4, -0.2) is 35.3 Å². The Kier molecular flexibility index (Phi) is 5.24. The highest BCUT2D eigenvalue weighted by atomic mass is 32.1. The van der Waals surface area contributed by atoms with Crippen molar-refractivity contribution in [1.29, 1.82) is 0 Å². The molecule has 0 aromatic carbocycles. The second-order valence-electron chi connectivity index (χ2n) is 6.48. The molecule has 3 rings (SSSR count). The number of anilines is 1. The molecule has 1 aliphatic heterocycles. The van der Waals surface area contributed by atoms with E-state index in [1.54, 1.807) is 12.1 Å². The zero-order valence-corrected chi connectivity index (χ0v) is 15.3. The molecule has 25 heavy (non-hydrogen) atoms. The second-order valence-corrected chi connectivity index (χ2v) is 7.53. The largest absolute Gasteiger partial charge is 0.459 e. The van der Waals surface area contributed by atoms with Crippen molar-refractivity contribution in [2.75, 3.05) is 11.9 Å². The number of furan rings is 1. The fraction of sp³-hybridized carbons (Fsp3) is 0.444. The Hall–Kier alpha value is -2.12. The van der Waals surface area contributed by atoms with Gasteiger partial charge in [-0.2, -0.15) is 0 Å². The fourth-order valence-electron chi connectivity index (χ4n) is 3.22. The molecule has 1 aliphatic rings. The molecule has 2 aromatic rings. The molecule has 3 heterocycles. The minimum absolute atomic E-state index is 0.00278. The molecule has 2 atom stereocenters. The maximum Gasteiger partial charge on any atom is 0.291 e. The van der Waals surface area contributed by atoms with Gasteiger partial charge in [-0.3, -0.25) is 9.59 Å². The third-order valence-electron chi connectivity index (χ3n) is 4.51. The predicted octanol–water partition coefficient (Wildman–Crippen LogP) is 3.24. The Morgan fingerprint density at radius 1 is 1.44 bits per heavy atom. The number of amides is 2. The van der Waals surface area contributed by atoms with Crippen molar-refractivity contribution in [3.8, 4) is 0 Å². The Morgan fingerprint density at radius 3 is 2.92 bits per heavy atom. The predicted molar refractivity (Wildman–Crippen MR) is 98.0 cm³/mol. The SMILES string of the molecule is Cc1cc(NC(=O)c2ccco2)sc1C(=O)N1CCCCC1C(C)N. The van der Waals surface area contributed by atoms with E-state index >= 15 is 0 Å². The molecule has 2 amide bonds. The van der Waals surface area contributed by atoms with Crippen molar-refractivity contribution >= 4 is 28.2 Å². The molecule has 7 heteroatoms. The number of hydrogen-bond donors (Lipinski definition) is 2. The fourth-order valence-corrected chi connectivity index (χ4v) is 4.25. The lowest BCUT2D eigenvalue weighted by molar-refractivity contribution is 0.0588. The van der Waals surface area contributed by atoms with Gasteiger partial charge in [0.1, 0.15) is 0 Å². The third-order valence-corrected chi connectivity index (χ3v) is 5.65. The molecule has 1 saturated heterocycles. The third kappa shape index (κ3) is 3.77. The monoisotopic (exact) mass is 361 g/mol. The van der Waals surface area contributed by atoms with E-state index in [4.69, 9.17) is 10.2 Å². The van der Waals surface area contributed by atoms with E-state index in [0.29, 0.717) is 9.88 Å². The van der Waals surface area contributed by atoms with Crippen LogP contribution in [0.4, 0.5) is 5.00 Å². The normalized spacial score (nSPS) is 18.8. The van der Waals surface area contributed by atoms with Gasteiger partial charge in [-0.25, -0.2) is 0 Å². The maximum atomic E-state index is 13.0. The number of thiophene rings is 1. The van der Waals surface area contributed by atoms with E-state index in [2.05, 4.69) is 5.32 Å². The summed E-state index contributed by atoms with van der Waals surface area (Å²) in [5, 5.41) is 3.42. The summed E-state index contributed by atoms with van der Waals surface area (Å²) in [6, 6.07) is 5.10. The van der Waals surface area contributed by atoms with Crippen LogP contribution in [0.25, 0.3) is 0 Å². The topological polar surface area (TPSA) is 88.6 Å². The van der Waals surface area contributed by atoms with Crippen LogP contribution in [0.1, 0.15) is 52.0 Å². The lowest BCUT2D eigenvalue weighted by Crippen LogP contribution is -2.51. The summed E-state index contributed by atoms with van der Waals surface area (Å²) < 4.78 is 5.09. The molecule has 0 aliphatic carbocycles. The van der Waals surface area contributed by atoms with Gasteiger partial charge in [-0.1, -0.05) is 0 Å². The Labute approximate surface area is 151 Å². The van der Waals surface area contributed by atoms with Gasteiger partial charge in [0, 0.05) is 18.6 Å². The molecule has 0 radical (unpaired) electrons. The molecule has 2 aromatic heterocycles. The van der Waals surface area contributed by atoms with Gasteiger partial charge in [0.05, 0.1) is 16.1 Å². The lowest BCUT2D eigenvalue weighted by atomic mass is 9.96. The number of nitrogens with two attached hydrogens (primary N) is 1. The van der Waals surface area contributed by atoms with Crippen LogP contribution in [0, 0.1) is 6.92 Å². The van der Waals surface area contributed by atoms with Crippen molar-refractivity contribution in [2.45, 2.75) is 45.2 Å². The van der Waals surface area contributed by atoms with Crippen molar-refractivity contribution in [1.82, 2.24) is 4.90 Å². The summed E-state index contributed by atoms with van der Waals surface area (Å²) in [5.74, 6) is -0.0772. The summed E-state index contributed by atoms with van der Waals surface area (Å²) in [7, 11) is 0. The molecule has 6 nitrogen and oxygen atoms in total. The van der Waals surface area contributed by atoms with Gasteiger partial charge in [-0.05, 0) is 56.9 Å². The van der Waals surface area contributed by atoms with Gasteiger partial charge in [0.25, 0.3) is 11.8 Å². The smallest absolute Gasteiger partial charge is 0.291 e. The van der Waals surface area contributed by atoms with E-state index in [1.807, 2.05) is 24.8 Å². The number of carbonyl (C=O) groups excluding carboxylic acids is 2. The van der Waals surface area contributed by atoms with Gasteiger partial charge in [-0.15, -0.1) is 11.3 Å². The zero-order valence-electron chi connectivity index (χ0n) is 14.5. The van der Waals surface area contributed by atoms with E-state index < -0.39 is 0 Å². The first-order chi connectivity index (χ1) is 12.0. The number of hydrogen-bond acceptors (Lipinski definition) is 5. The highest BCUT2D eigenvalue weighted by Crippen LogP contribution is 2.30. The van der Waals surface area contributed by atoms with Crippen LogP contribution in [0.2, 0.25) is 0 Å². The Balaban J connectivity index is 1.77. The number of nitrogens with zero attached hydrogens (tertiary/aromatic N) is 1. The van der Waals surface area contributed by atoms with E-state index in [1.165, 1.54) is 17.6 Å². The zero-order chi connectivity index (χ0) is 18.0. The van der Waals surface area contributed by atoms with Crippen LogP contribution in [-0.2, 0) is 0 Å². The quantitative estimate of drug-likeness (QED) is 0.875. The summed E-state index contributed by atoms with van der Waals surface area (Å²) in [6.07, 6.45) is 4.50. The van der Waals surface area contributed by atoms with Gasteiger partial charge in [0.2, 0.25) is 0 Å². The van der Waals surface area contributed by atoms with Gasteiger partial charge >= 0.3 is 0 Å². The first-order valence-corrected chi connectivity index (χ1v) is 9.31. The molecule has 0 saturated carbocycles. The summed E-state index contributed by atoms with van der Waals surface area (Å²) in [4.78, 5) is 27.7. The van der Waals surface area contributed by atoms with Crippen molar-refractivity contribution in [3.63, 3.8) is 0 Å². The molecule has 1 fully saturated rings. The summed E-state index contributed by atoms with van der Waals surface area (Å²) in [6.45, 7) is 4.57. The van der Waals surface area contributed by atoms with Crippen molar-refractivity contribution in [2.24, 2.45) is 5.73 Å². The molecule has 0 spiro atoms. The average Bonchev–Trinajstić information content (AvgIpc) is 3.24. The number of nitrogens with one attached hydrogen (secondary N) is 1. The highest BCUT2D eigenvalue weighted by molar-refractivity contribution is 7.18. The number of piperidine rings is 1.